The molecule has 1 aromatic rings. The van der Waals surface area contributed by atoms with Crippen molar-refractivity contribution in [3.8, 4) is 0 Å². The van der Waals surface area contributed by atoms with E-state index in [2.05, 4.69) is 15.5 Å². The molecule has 1 saturated carbocycles. The number of urea groups is 2. The van der Waals surface area contributed by atoms with Crippen LogP contribution in [0.5, 0.6) is 0 Å². The first-order valence-corrected chi connectivity index (χ1v) is 10.9. The number of ether oxygens (including phenoxy) is 1. The SMILES string of the molecule is CCNC(=O)N(C1CC1)C1CCOC2(CCN(C(=O)Nc3ccccc3)CC2)C1. The highest BCUT2D eigenvalue weighted by Crippen LogP contribution is 2.40. The van der Waals surface area contributed by atoms with E-state index in [1.807, 2.05) is 42.2 Å². The molecule has 1 atom stereocenters. The highest BCUT2D eigenvalue weighted by Gasteiger charge is 2.46. The predicted octanol–water partition coefficient (Wildman–Crippen LogP) is 3.43. The Balaban J connectivity index is 1.35. The molecule has 2 aliphatic heterocycles. The molecule has 1 aromatic carbocycles. The second-order valence-corrected chi connectivity index (χ2v) is 8.44. The summed E-state index contributed by atoms with van der Waals surface area (Å²) in [6.45, 7) is 4.65. The van der Waals surface area contributed by atoms with Crippen molar-refractivity contribution >= 4 is 17.7 Å². The van der Waals surface area contributed by atoms with E-state index in [1.54, 1.807) is 0 Å². The van der Waals surface area contributed by atoms with E-state index in [0.717, 1.165) is 44.2 Å². The molecule has 29 heavy (non-hydrogen) atoms. The Morgan fingerprint density at radius 2 is 1.86 bits per heavy atom. The van der Waals surface area contributed by atoms with Gasteiger partial charge in [0.1, 0.15) is 0 Å². The maximum atomic E-state index is 12.6. The lowest BCUT2D eigenvalue weighted by Gasteiger charge is -2.48. The Bertz CT molecular complexity index is 714. The van der Waals surface area contributed by atoms with Crippen LogP contribution in [-0.2, 0) is 4.74 Å². The number of hydrogen-bond donors (Lipinski definition) is 2. The standard InChI is InChI=1S/C22H32N4O3/c1-2-23-20(27)26(18-8-9-18)19-10-15-29-22(16-19)11-13-25(14-12-22)21(28)24-17-6-4-3-5-7-17/h3-7,18-19H,2,8-16H2,1H3,(H,23,27)(H,24,28). The summed E-state index contributed by atoms with van der Waals surface area (Å²) in [5.74, 6) is 0. The number of nitrogens with one attached hydrogen (secondary N) is 2. The lowest BCUT2D eigenvalue weighted by molar-refractivity contribution is -0.125. The number of amides is 4. The monoisotopic (exact) mass is 400 g/mol. The summed E-state index contributed by atoms with van der Waals surface area (Å²) in [6, 6.07) is 10.2. The Morgan fingerprint density at radius 3 is 2.52 bits per heavy atom. The van der Waals surface area contributed by atoms with E-state index in [-0.39, 0.29) is 23.7 Å². The van der Waals surface area contributed by atoms with Crippen molar-refractivity contribution in [2.45, 2.75) is 63.1 Å². The maximum Gasteiger partial charge on any atom is 0.321 e. The topological polar surface area (TPSA) is 73.9 Å². The Morgan fingerprint density at radius 1 is 1.14 bits per heavy atom. The first-order chi connectivity index (χ1) is 14.1. The zero-order valence-electron chi connectivity index (χ0n) is 17.2. The van der Waals surface area contributed by atoms with Gasteiger partial charge in [0.25, 0.3) is 0 Å². The van der Waals surface area contributed by atoms with Gasteiger partial charge in [0.05, 0.1) is 5.60 Å². The fraction of sp³-hybridized carbons (Fsp3) is 0.636. The Kier molecular flexibility index (Phi) is 5.94. The molecule has 1 aliphatic carbocycles. The number of rotatable bonds is 4. The van der Waals surface area contributed by atoms with Crippen molar-refractivity contribution in [3.63, 3.8) is 0 Å². The number of anilines is 1. The van der Waals surface area contributed by atoms with Crippen LogP contribution in [0.1, 0.15) is 45.4 Å². The summed E-state index contributed by atoms with van der Waals surface area (Å²) < 4.78 is 6.26. The third-order valence-electron chi connectivity index (χ3n) is 6.35. The average molecular weight is 401 g/mol. The number of carbonyl (C=O) groups is 2. The van der Waals surface area contributed by atoms with Crippen LogP contribution in [0, 0.1) is 0 Å². The fourth-order valence-electron chi connectivity index (χ4n) is 4.65. The molecule has 3 aliphatic rings. The summed E-state index contributed by atoms with van der Waals surface area (Å²) in [7, 11) is 0. The van der Waals surface area contributed by atoms with Crippen LogP contribution in [0.25, 0.3) is 0 Å². The van der Waals surface area contributed by atoms with Crippen LogP contribution >= 0.6 is 0 Å². The van der Waals surface area contributed by atoms with Crippen LogP contribution in [-0.4, -0.2) is 65.8 Å². The second-order valence-electron chi connectivity index (χ2n) is 8.44. The molecule has 2 N–H and O–H groups in total. The lowest BCUT2D eigenvalue weighted by atomic mass is 9.82. The molecule has 0 aromatic heterocycles. The van der Waals surface area contributed by atoms with E-state index in [1.165, 1.54) is 0 Å². The van der Waals surface area contributed by atoms with Crippen molar-refractivity contribution in [2.24, 2.45) is 0 Å². The molecule has 7 heteroatoms. The summed E-state index contributed by atoms with van der Waals surface area (Å²) >= 11 is 0. The smallest absolute Gasteiger partial charge is 0.321 e. The first kappa shape index (κ1) is 20.0. The van der Waals surface area contributed by atoms with E-state index in [9.17, 15) is 9.59 Å². The van der Waals surface area contributed by atoms with Gasteiger partial charge in [-0.1, -0.05) is 18.2 Å². The minimum absolute atomic E-state index is 0.0552. The molecule has 4 rings (SSSR count). The second kappa shape index (κ2) is 8.61. The summed E-state index contributed by atoms with van der Waals surface area (Å²) in [6.07, 6.45) is 5.62. The van der Waals surface area contributed by atoms with Crippen LogP contribution in [0.4, 0.5) is 15.3 Å². The van der Waals surface area contributed by atoms with Gasteiger partial charge in [0.2, 0.25) is 0 Å². The molecular formula is C22H32N4O3. The number of nitrogens with zero attached hydrogens (tertiary/aromatic N) is 2. The van der Waals surface area contributed by atoms with Gasteiger partial charge < -0.3 is 25.2 Å². The van der Waals surface area contributed by atoms with E-state index < -0.39 is 0 Å². The third-order valence-corrected chi connectivity index (χ3v) is 6.35. The molecule has 0 radical (unpaired) electrons. The van der Waals surface area contributed by atoms with Gasteiger partial charge in [0, 0.05) is 44.0 Å². The normalized spacial score (nSPS) is 23.5. The van der Waals surface area contributed by atoms with Gasteiger partial charge in [-0.15, -0.1) is 0 Å². The third kappa shape index (κ3) is 4.66. The molecule has 7 nitrogen and oxygen atoms in total. The molecule has 158 valence electrons. The first-order valence-electron chi connectivity index (χ1n) is 10.9. The fourth-order valence-corrected chi connectivity index (χ4v) is 4.65. The van der Waals surface area contributed by atoms with Gasteiger partial charge in [-0.3, -0.25) is 0 Å². The summed E-state index contributed by atoms with van der Waals surface area (Å²) in [4.78, 5) is 29.2. The van der Waals surface area contributed by atoms with E-state index in [0.29, 0.717) is 32.3 Å². The molecule has 1 unspecified atom stereocenters. The molecule has 4 amide bonds. The average Bonchev–Trinajstić information content (AvgIpc) is 3.55. The molecule has 3 fully saturated rings. The van der Waals surface area contributed by atoms with E-state index >= 15 is 0 Å². The lowest BCUT2D eigenvalue weighted by Crippen LogP contribution is -2.57. The van der Waals surface area contributed by atoms with Gasteiger partial charge in [-0.25, -0.2) is 9.59 Å². The largest absolute Gasteiger partial charge is 0.375 e. The van der Waals surface area contributed by atoms with Crippen molar-refractivity contribution in [1.29, 1.82) is 0 Å². The molecular weight excluding hydrogens is 368 g/mol. The predicted molar refractivity (Wildman–Crippen MR) is 112 cm³/mol. The van der Waals surface area contributed by atoms with Crippen LogP contribution < -0.4 is 10.6 Å². The molecule has 1 spiro atoms. The maximum absolute atomic E-state index is 12.6. The number of piperidine rings is 1. The number of carbonyl (C=O) groups excluding carboxylic acids is 2. The zero-order valence-corrected chi connectivity index (χ0v) is 17.2. The van der Waals surface area contributed by atoms with Crippen molar-refractivity contribution in [1.82, 2.24) is 15.1 Å². The summed E-state index contributed by atoms with van der Waals surface area (Å²) in [5.41, 5.74) is 0.597. The van der Waals surface area contributed by atoms with Crippen LogP contribution in [0.15, 0.2) is 30.3 Å². The Hall–Kier alpha value is -2.28. The van der Waals surface area contributed by atoms with Gasteiger partial charge in [-0.2, -0.15) is 0 Å². The number of likely N-dealkylation sites (tertiary alicyclic amines) is 1. The molecule has 2 heterocycles. The minimum atomic E-state index is -0.216. The van der Waals surface area contributed by atoms with Crippen LogP contribution in [0.3, 0.4) is 0 Å². The molecule has 0 bridgehead atoms. The van der Waals surface area contributed by atoms with Crippen molar-refractivity contribution in [2.75, 3.05) is 31.6 Å². The van der Waals surface area contributed by atoms with Gasteiger partial charge >= 0.3 is 12.1 Å². The minimum Gasteiger partial charge on any atom is -0.375 e. The Labute approximate surface area is 172 Å². The number of hydrogen-bond acceptors (Lipinski definition) is 3. The van der Waals surface area contributed by atoms with Gasteiger partial charge in [-0.05, 0) is 57.6 Å². The number of para-hydroxylation sites is 1. The zero-order chi connectivity index (χ0) is 20.3. The van der Waals surface area contributed by atoms with E-state index in [4.69, 9.17) is 4.74 Å². The summed E-state index contributed by atoms with van der Waals surface area (Å²) in [5, 5.41) is 5.95. The van der Waals surface area contributed by atoms with Crippen LogP contribution in [0.2, 0.25) is 0 Å². The van der Waals surface area contributed by atoms with Crippen molar-refractivity contribution in [3.05, 3.63) is 30.3 Å². The highest BCUT2D eigenvalue weighted by atomic mass is 16.5. The highest BCUT2D eigenvalue weighted by molar-refractivity contribution is 5.89. The quantitative estimate of drug-likeness (QED) is 0.813. The van der Waals surface area contributed by atoms with Gasteiger partial charge in [0.15, 0.2) is 0 Å². The molecule has 2 saturated heterocycles. The van der Waals surface area contributed by atoms with Crippen molar-refractivity contribution < 1.29 is 14.3 Å². The number of benzene rings is 1.